The molecule has 0 aliphatic carbocycles. The molecule has 0 aliphatic heterocycles. The van der Waals surface area contributed by atoms with E-state index in [0.717, 1.165) is 12.1 Å². The standard InChI is InChI=1S/C19H19ClFN3O4/c1-10(2)17(19(26)22-16-7-4-11(3)8-15(16)21)23-18(25)13-6-5-12(24(27)28)9-14(13)20/h4-10,17H,1-3H3,(H,22,26)(H,23,25). The van der Waals surface area contributed by atoms with E-state index in [2.05, 4.69) is 10.6 Å². The van der Waals surface area contributed by atoms with Gasteiger partial charge in [0.2, 0.25) is 5.91 Å². The lowest BCUT2D eigenvalue weighted by molar-refractivity contribution is -0.384. The highest BCUT2D eigenvalue weighted by Crippen LogP contribution is 2.23. The molecule has 1 unspecified atom stereocenters. The molecule has 7 nitrogen and oxygen atoms in total. The van der Waals surface area contributed by atoms with Gasteiger partial charge in [-0.15, -0.1) is 0 Å². The summed E-state index contributed by atoms with van der Waals surface area (Å²) in [5.41, 5.74) is 0.447. The van der Waals surface area contributed by atoms with Gasteiger partial charge in [0, 0.05) is 12.1 Å². The monoisotopic (exact) mass is 407 g/mol. The topological polar surface area (TPSA) is 101 Å². The van der Waals surface area contributed by atoms with E-state index in [1.54, 1.807) is 26.8 Å². The molecule has 0 saturated carbocycles. The molecule has 2 amide bonds. The van der Waals surface area contributed by atoms with Gasteiger partial charge < -0.3 is 10.6 Å². The Morgan fingerprint density at radius 3 is 2.39 bits per heavy atom. The molecule has 2 N–H and O–H groups in total. The first-order valence-electron chi connectivity index (χ1n) is 8.42. The first-order chi connectivity index (χ1) is 13.1. The van der Waals surface area contributed by atoms with Crippen molar-refractivity contribution in [2.24, 2.45) is 5.92 Å². The third-order valence-corrected chi connectivity index (χ3v) is 4.34. The SMILES string of the molecule is Cc1ccc(NC(=O)C(NC(=O)c2ccc([N+](=O)[O-])cc2Cl)C(C)C)c(F)c1. The fourth-order valence-electron chi connectivity index (χ4n) is 2.49. The van der Waals surface area contributed by atoms with Crippen LogP contribution in [0.25, 0.3) is 0 Å². The summed E-state index contributed by atoms with van der Waals surface area (Å²) in [5, 5.41) is 15.7. The summed E-state index contributed by atoms with van der Waals surface area (Å²) >= 11 is 5.96. The summed E-state index contributed by atoms with van der Waals surface area (Å²) in [6.07, 6.45) is 0. The molecule has 0 saturated heterocycles. The first-order valence-corrected chi connectivity index (χ1v) is 8.79. The normalized spacial score (nSPS) is 11.8. The predicted octanol–water partition coefficient (Wildman–Crippen LogP) is 4.09. The van der Waals surface area contributed by atoms with Gasteiger partial charge in [0.25, 0.3) is 11.6 Å². The van der Waals surface area contributed by atoms with Crippen molar-refractivity contribution in [3.05, 3.63) is 68.5 Å². The van der Waals surface area contributed by atoms with E-state index in [0.29, 0.717) is 5.56 Å². The van der Waals surface area contributed by atoms with Crippen LogP contribution in [0.2, 0.25) is 5.02 Å². The third kappa shape index (κ3) is 5.04. The van der Waals surface area contributed by atoms with E-state index in [1.165, 1.54) is 18.2 Å². The highest BCUT2D eigenvalue weighted by atomic mass is 35.5. The van der Waals surface area contributed by atoms with Crippen LogP contribution in [0.3, 0.4) is 0 Å². The van der Waals surface area contributed by atoms with Gasteiger partial charge in [0.15, 0.2) is 0 Å². The molecule has 0 aliphatic rings. The maximum atomic E-state index is 14.0. The summed E-state index contributed by atoms with van der Waals surface area (Å²) in [4.78, 5) is 35.2. The summed E-state index contributed by atoms with van der Waals surface area (Å²) in [6, 6.07) is 6.82. The number of carbonyl (C=O) groups excluding carboxylic acids is 2. The van der Waals surface area contributed by atoms with E-state index in [4.69, 9.17) is 11.6 Å². The van der Waals surface area contributed by atoms with Crippen molar-refractivity contribution in [2.45, 2.75) is 26.8 Å². The van der Waals surface area contributed by atoms with Crippen molar-refractivity contribution in [1.29, 1.82) is 0 Å². The van der Waals surface area contributed by atoms with Crippen LogP contribution in [-0.4, -0.2) is 22.8 Å². The Balaban J connectivity index is 2.19. The van der Waals surface area contributed by atoms with Crippen LogP contribution in [0.1, 0.15) is 29.8 Å². The lowest BCUT2D eigenvalue weighted by Gasteiger charge is -2.22. The number of nitro benzene ring substituents is 1. The summed E-state index contributed by atoms with van der Waals surface area (Å²) in [5.74, 6) is -2.16. The third-order valence-electron chi connectivity index (χ3n) is 4.03. The van der Waals surface area contributed by atoms with Gasteiger partial charge in [-0.2, -0.15) is 0 Å². The molecule has 0 spiro atoms. The summed E-state index contributed by atoms with van der Waals surface area (Å²) < 4.78 is 14.0. The molecule has 0 bridgehead atoms. The zero-order valence-electron chi connectivity index (χ0n) is 15.5. The lowest BCUT2D eigenvalue weighted by Crippen LogP contribution is -2.47. The molecule has 2 rings (SSSR count). The van der Waals surface area contributed by atoms with Crippen LogP contribution in [0.4, 0.5) is 15.8 Å². The van der Waals surface area contributed by atoms with E-state index in [1.807, 2.05) is 0 Å². The number of nitro groups is 1. The van der Waals surface area contributed by atoms with Gasteiger partial charge in [0.1, 0.15) is 11.9 Å². The number of amides is 2. The number of hydrogen-bond acceptors (Lipinski definition) is 4. The Morgan fingerprint density at radius 2 is 1.86 bits per heavy atom. The number of rotatable bonds is 6. The van der Waals surface area contributed by atoms with E-state index >= 15 is 0 Å². The molecule has 28 heavy (non-hydrogen) atoms. The number of nitrogens with zero attached hydrogens (tertiary/aromatic N) is 1. The maximum Gasteiger partial charge on any atom is 0.270 e. The van der Waals surface area contributed by atoms with Crippen molar-refractivity contribution in [3.8, 4) is 0 Å². The number of benzene rings is 2. The number of aryl methyl sites for hydroxylation is 1. The van der Waals surface area contributed by atoms with Crippen LogP contribution in [-0.2, 0) is 4.79 Å². The van der Waals surface area contributed by atoms with Crippen LogP contribution in [0, 0.1) is 28.8 Å². The van der Waals surface area contributed by atoms with Crippen LogP contribution < -0.4 is 10.6 Å². The number of halogens is 2. The number of non-ortho nitro benzene ring substituents is 1. The van der Waals surface area contributed by atoms with Gasteiger partial charge in [-0.05, 0) is 36.6 Å². The Bertz CT molecular complexity index is 933. The van der Waals surface area contributed by atoms with Crippen LogP contribution >= 0.6 is 11.6 Å². The zero-order valence-corrected chi connectivity index (χ0v) is 16.2. The maximum absolute atomic E-state index is 14.0. The Morgan fingerprint density at radius 1 is 1.18 bits per heavy atom. The van der Waals surface area contributed by atoms with Crippen molar-refractivity contribution >= 4 is 34.8 Å². The van der Waals surface area contributed by atoms with Gasteiger partial charge in [0.05, 0.1) is 21.2 Å². The molecule has 2 aromatic rings. The molecule has 2 aromatic carbocycles. The molecular formula is C19H19ClFN3O4. The first kappa shape index (κ1) is 21.3. The number of nitrogens with one attached hydrogen (secondary N) is 2. The minimum atomic E-state index is -0.973. The Kier molecular flexibility index (Phi) is 6.69. The molecule has 0 aromatic heterocycles. The van der Waals surface area contributed by atoms with Gasteiger partial charge in [-0.1, -0.05) is 31.5 Å². The van der Waals surface area contributed by atoms with Gasteiger partial charge in [-0.25, -0.2) is 4.39 Å². The number of hydrogen-bond donors (Lipinski definition) is 2. The Labute approximate surface area is 166 Å². The largest absolute Gasteiger partial charge is 0.340 e. The Hall–Kier alpha value is -3.00. The minimum absolute atomic E-state index is 0.00358. The smallest absolute Gasteiger partial charge is 0.270 e. The van der Waals surface area contributed by atoms with Crippen LogP contribution in [0.5, 0.6) is 0 Å². The van der Waals surface area contributed by atoms with Crippen LogP contribution in [0.15, 0.2) is 36.4 Å². The van der Waals surface area contributed by atoms with E-state index in [9.17, 15) is 24.1 Å². The zero-order chi connectivity index (χ0) is 21.0. The fraction of sp³-hybridized carbons (Fsp3) is 0.263. The molecule has 0 fully saturated rings. The molecule has 0 radical (unpaired) electrons. The average Bonchev–Trinajstić information content (AvgIpc) is 2.61. The van der Waals surface area contributed by atoms with Gasteiger partial charge in [-0.3, -0.25) is 19.7 Å². The second kappa shape index (κ2) is 8.79. The van der Waals surface area contributed by atoms with Crippen molar-refractivity contribution in [3.63, 3.8) is 0 Å². The molecule has 9 heteroatoms. The van der Waals surface area contributed by atoms with E-state index in [-0.39, 0.29) is 27.9 Å². The summed E-state index contributed by atoms with van der Waals surface area (Å²) in [6.45, 7) is 5.15. The lowest BCUT2D eigenvalue weighted by atomic mass is 10.0. The molecule has 0 heterocycles. The minimum Gasteiger partial charge on any atom is -0.340 e. The highest BCUT2D eigenvalue weighted by molar-refractivity contribution is 6.34. The molecule has 148 valence electrons. The summed E-state index contributed by atoms with van der Waals surface area (Å²) in [7, 11) is 0. The predicted molar refractivity (Wildman–Crippen MR) is 104 cm³/mol. The van der Waals surface area contributed by atoms with Crippen molar-refractivity contribution in [1.82, 2.24) is 5.32 Å². The second-order valence-electron chi connectivity index (χ2n) is 6.59. The van der Waals surface area contributed by atoms with E-state index < -0.39 is 28.6 Å². The number of anilines is 1. The molecule has 1 atom stereocenters. The average molecular weight is 408 g/mol. The quantitative estimate of drug-likeness (QED) is 0.556. The van der Waals surface area contributed by atoms with Gasteiger partial charge >= 0.3 is 0 Å². The number of carbonyl (C=O) groups is 2. The molecular weight excluding hydrogens is 389 g/mol. The fourth-order valence-corrected chi connectivity index (χ4v) is 2.75. The second-order valence-corrected chi connectivity index (χ2v) is 7.00. The van der Waals surface area contributed by atoms with Crippen molar-refractivity contribution in [2.75, 3.05) is 5.32 Å². The van der Waals surface area contributed by atoms with Crippen molar-refractivity contribution < 1.29 is 18.9 Å². The highest BCUT2D eigenvalue weighted by Gasteiger charge is 2.26.